The van der Waals surface area contributed by atoms with Crippen LogP contribution in [-0.4, -0.2) is 16.0 Å². The summed E-state index contributed by atoms with van der Waals surface area (Å²) in [6, 6.07) is 2.31. The third-order valence-corrected chi connectivity index (χ3v) is 2.24. The molecule has 2 aromatic heterocycles. The zero-order valence-corrected chi connectivity index (χ0v) is 7.53. The van der Waals surface area contributed by atoms with E-state index in [9.17, 15) is 0 Å². The summed E-state index contributed by atoms with van der Waals surface area (Å²) < 4.78 is 5.29. The van der Waals surface area contributed by atoms with Gasteiger partial charge in [0.15, 0.2) is 11.4 Å². The number of hydrogen-bond acceptors (Lipinski definition) is 5. The Labute approximate surface area is 80.3 Å². The first-order chi connectivity index (χ1) is 6.83. The van der Waals surface area contributed by atoms with Crippen LogP contribution in [0.4, 0.5) is 11.8 Å². The lowest BCUT2D eigenvalue weighted by atomic mass is 10.4. The minimum atomic E-state index is 0.280. The van der Waals surface area contributed by atoms with Gasteiger partial charge in [0.1, 0.15) is 5.52 Å². The number of fused-ring (bicyclic) bond motifs is 1. The minimum absolute atomic E-state index is 0.280. The van der Waals surface area contributed by atoms with Crippen molar-refractivity contribution in [1.29, 1.82) is 0 Å². The number of nitrogens with zero attached hydrogens (tertiary/aromatic N) is 2. The molecular formula is C9H10N4O. The molecule has 5 nitrogen and oxygen atoms in total. The van der Waals surface area contributed by atoms with Gasteiger partial charge in [-0.3, -0.25) is 0 Å². The molecule has 0 bridgehead atoms. The van der Waals surface area contributed by atoms with Crippen molar-refractivity contribution >= 4 is 22.9 Å². The molecule has 72 valence electrons. The zero-order valence-electron chi connectivity index (χ0n) is 7.53. The van der Waals surface area contributed by atoms with Crippen LogP contribution in [0.3, 0.4) is 0 Å². The summed E-state index contributed by atoms with van der Waals surface area (Å²) in [5.74, 6) is 0.988. The molecule has 0 unspecified atom stereocenters. The average Bonchev–Trinajstić information content (AvgIpc) is 2.81. The number of furan rings is 1. The summed E-state index contributed by atoms with van der Waals surface area (Å²) >= 11 is 0. The van der Waals surface area contributed by atoms with Gasteiger partial charge in [-0.2, -0.15) is 4.98 Å². The third-order valence-electron chi connectivity index (χ3n) is 2.24. The second-order valence-electron chi connectivity index (χ2n) is 3.48. The summed E-state index contributed by atoms with van der Waals surface area (Å²) in [6.07, 6.45) is 3.97. The second-order valence-corrected chi connectivity index (χ2v) is 3.48. The molecule has 0 saturated heterocycles. The first-order valence-electron chi connectivity index (χ1n) is 4.60. The van der Waals surface area contributed by atoms with Crippen molar-refractivity contribution in [3.05, 3.63) is 12.3 Å². The molecule has 1 fully saturated rings. The normalized spacial score (nSPS) is 16.0. The molecule has 0 aromatic carbocycles. The van der Waals surface area contributed by atoms with E-state index in [1.165, 1.54) is 12.8 Å². The maximum absolute atomic E-state index is 5.58. The molecule has 14 heavy (non-hydrogen) atoms. The highest BCUT2D eigenvalue weighted by atomic mass is 16.3. The van der Waals surface area contributed by atoms with Gasteiger partial charge in [0.2, 0.25) is 5.95 Å². The summed E-state index contributed by atoms with van der Waals surface area (Å²) in [5.41, 5.74) is 7.01. The zero-order chi connectivity index (χ0) is 9.54. The highest BCUT2D eigenvalue weighted by Crippen LogP contribution is 2.28. The van der Waals surface area contributed by atoms with E-state index in [2.05, 4.69) is 15.3 Å². The molecule has 2 heterocycles. The van der Waals surface area contributed by atoms with Crippen LogP contribution in [0.1, 0.15) is 12.8 Å². The molecule has 1 aliphatic carbocycles. The number of hydrogen-bond donors (Lipinski definition) is 2. The smallest absolute Gasteiger partial charge is 0.222 e. The van der Waals surface area contributed by atoms with Gasteiger partial charge in [0.25, 0.3) is 0 Å². The first-order valence-corrected chi connectivity index (χ1v) is 4.60. The Morgan fingerprint density at radius 2 is 2.29 bits per heavy atom. The second kappa shape index (κ2) is 2.60. The van der Waals surface area contributed by atoms with Crippen LogP contribution in [0.2, 0.25) is 0 Å². The number of anilines is 2. The van der Waals surface area contributed by atoms with E-state index in [1.54, 1.807) is 12.3 Å². The molecule has 0 atom stereocenters. The average molecular weight is 190 g/mol. The van der Waals surface area contributed by atoms with Crippen LogP contribution in [-0.2, 0) is 0 Å². The van der Waals surface area contributed by atoms with E-state index in [4.69, 9.17) is 10.2 Å². The Morgan fingerprint density at radius 3 is 3.07 bits per heavy atom. The Bertz CT molecular complexity index is 475. The molecule has 5 heteroatoms. The molecule has 0 spiro atoms. The Kier molecular flexibility index (Phi) is 1.41. The molecule has 0 amide bonds. The van der Waals surface area contributed by atoms with Crippen molar-refractivity contribution in [3.8, 4) is 0 Å². The number of nitrogen functional groups attached to an aromatic ring is 1. The number of nitrogens with one attached hydrogen (secondary N) is 1. The van der Waals surface area contributed by atoms with Crippen molar-refractivity contribution in [3.63, 3.8) is 0 Å². The van der Waals surface area contributed by atoms with Crippen LogP contribution >= 0.6 is 0 Å². The molecule has 3 rings (SSSR count). The minimum Gasteiger partial charge on any atom is -0.459 e. The summed E-state index contributed by atoms with van der Waals surface area (Å²) in [4.78, 5) is 8.17. The Hall–Kier alpha value is -1.78. The lowest BCUT2D eigenvalue weighted by molar-refractivity contribution is 0.614. The van der Waals surface area contributed by atoms with Crippen LogP contribution in [0.15, 0.2) is 16.7 Å². The van der Waals surface area contributed by atoms with Gasteiger partial charge in [-0.15, -0.1) is 0 Å². The molecule has 2 aromatic rings. The molecule has 0 aliphatic heterocycles. The Balaban J connectivity index is 2.13. The summed E-state index contributed by atoms with van der Waals surface area (Å²) in [5, 5.41) is 3.26. The van der Waals surface area contributed by atoms with E-state index in [1.807, 2.05) is 0 Å². The van der Waals surface area contributed by atoms with Gasteiger partial charge in [-0.1, -0.05) is 0 Å². The predicted molar refractivity (Wildman–Crippen MR) is 52.9 cm³/mol. The van der Waals surface area contributed by atoms with Crippen LogP contribution < -0.4 is 11.1 Å². The SMILES string of the molecule is Nc1nc(NC2CC2)c2occc2n1. The van der Waals surface area contributed by atoms with E-state index >= 15 is 0 Å². The van der Waals surface area contributed by atoms with Crippen molar-refractivity contribution in [2.75, 3.05) is 11.1 Å². The van der Waals surface area contributed by atoms with Gasteiger partial charge in [0.05, 0.1) is 6.26 Å². The quantitative estimate of drug-likeness (QED) is 0.748. The van der Waals surface area contributed by atoms with Crippen LogP contribution in [0, 0.1) is 0 Å². The molecule has 3 N–H and O–H groups in total. The van der Waals surface area contributed by atoms with E-state index in [0.717, 1.165) is 5.52 Å². The molecule has 1 saturated carbocycles. The maximum Gasteiger partial charge on any atom is 0.222 e. The van der Waals surface area contributed by atoms with Gasteiger partial charge >= 0.3 is 0 Å². The monoisotopic (exact) mass is 190 g/mol. The van der Waals surface area contributed by atoms with Crippen molar-refractivity contribution in [2.45, 2.75) is 18.9 Å². The number of aromatic nitrogens is 2. The topological polar surface area (TPSA) is 77.0 Å². The fraction of sp³-hybridized carbons (Fsp3) is 0.333. The molecule has 1 aliphatic rings. The lowest BCUT2D eigenvalue weighted by Gasteiger charge is -2.03. The van der Waals surface area contributed by atoms with Gasteiger partial charge in [-0.05, 0) is 12.8 Å². The standard InChI is InChI=1S/C9H10N4O/c10-9-12-6-3-4-14-7(6)8(13-9)11-5-1-2-5/h3-5H,1-2H2,(H3,10,11,12,13). The molecular weight excluding hydrogens is 180 g/mol. The first kappa shape index (κ1) is 7.61. The lowest BCUT2D eigenvalue weighted by Crippen LogP contribution is -2.05. The largest absolute Gasteiger partial charge is 0.459 e. The summed E-state index contributed by atoms with van der Waals surface area (Å²) in [6.45, 7) is 0. The fourth-order valence-electron chi connectivity index (χ4n) is 1.40. The highest BCUT2D eigenvalue weighted by molar-refractivity contribution is 5.84. The van der Waals surface area contributed by atoms with E-state index < -0.39 is 0 Å². The number of rotatable bonds is 2. The Morgan fingerprint density at radius 1 is 1.43 bits per heavy atom. The predicted octanol–water partition coefficient (Wildman–Crippen LogP) is 1.38. The fourth-order valence-corrected chi connectivity index (χ4v) is 1.40. The molecule has 0 radical (unpaired) electrons. The van der Waals surface area contributed by atoms with Gasteiger partial charge < -0.3 is 15.5 Å². The van der Waals surface area contributed by atoms with E-state index in [-0.39, 0.29) is 5.95 Å². The van der Waals surface area contributed by atoms with Crippen molar-refractivity contribution in [1.82, 2.24) is 9.97 Å². The number of nitrogens with two attached hydrogens (primary N) is 1. The van der Waals surface area contributed by atoms with Crippen molar-refractivity contribution in [2.24, 2.45) is 0 Å². The van der Waals surface area contributed by atoms with Gasteiger partial charge in [-0.25, -0.2) is 4.98 Å². The van der Waals surface area contributed by atoms with E-state index in [0.29, 0.717) is 17.4 Å². The third kappa shape index (κ3) is 1.17. The van der Waals surface area contributed by atoms with Crippen LogP contribution in [0.25, 0.3) is 11.1 Å². The summed E-state index contributed by atoms with van der Waals surface area (Å²) in [7, 11) is 0. The maximum atomic E-state index is 5.58. The van der Waals surface area contributed by atoms with Crippen LogP contribution in [0.5, 0.6) is 0 Å². The van der Waals surface area contributed by atoms with Crippen molar-refractivity contribution < 1.29 is 4.42 Å². The van der Waals surface area contributed by atoms with Gasteiger partial charge in [0, 0.05) is 12.1 Å². The highest BCUT2D eigenvalue weighted by Gasteiger charge is 2.23.